The van der Waals surface area contributed by atoms with Crippen LogP contribution in [0.1, 0.15) is 32.1 Å². The molecule has 1 aliphatic heterocycles. The minimum absolute atomic E-state index is 0. The van der Waals surface area contributed by atoms with Crippen LogP contribution in [0.3, 0.4) is 0 Å². The third-order valence-electron chi connectivity index (χ3n) is 5.52. The first kappa shape index (κ1) is 24.2. The maximum Gasteiger partial charge on any atom is 0.213 e. The predicted octanol–water partition coefficient (Wildman–Crippen LogP) is 0.891. The van der Waals surface area contributed by atoms with E-state index < -0.39 is 10.0 Å². The summed E-state index contributed by atoms with van der Waals surface area (Å²) in [5, 5.41) is 10.8. The average molecular weight is 539 g/mol. The zero-order valence-corrected chi connectivity index (χ0v) is 20.4. The maximum absolute atomic E-state index is 12.1. The quantitative estimate of drug-likeness (QED) is 0.258. The molecule has 11 heteroatoms. The zero-order chi connectivity index (χ0) is 20.0. The SMILES string of the molecule is CN=C(NCCS(=O)(=O)NCC1CCC1)NC1CCCN(c2cnn(C)c2)C1.I. The Morgan fingerprint density at radius 2 is 2.10 bits per heavy atom. The van der Waals surface area contributed by atoms with Crippen molar-refractivity contribution in [1.29, 1.82) is 0 Å². The number of aromatic nitrogens is 2. The lowest BCUT2D eigenvalue weighted by Crippen LogP contribution is -2.52. The van der Waals surface area contributed by atoms with Crippen molar-refractivity contribution in [2.24, 2.45) is 18.0 Å². The highest BCUT2D eigenvalue weighted by molar-refractivity contribution is 14.0. The number of rotatable bonds is 8. The van der Waals surface area contributed by atoms with Gasteiger partial charge >= 0.3 is 0 Å². The van der Waals surface area contributed by atoms with E-state index in [2.05, 4.69) is 30.3 Å². The van der Waals surface area contributed by atoms with Gasteiger partial charge in [0.1, 0.15) is 0 Å². The van der Waals surface area contributed by atoms with Crippen LogP contribution in [-0.2, 0) is 17.1 Å². The standard InChI is InChI=1S/C18H33N7O2S.HI/c1-19-18(20-8-10-28(26,27)22-11-15-5-3-6-15)23-16-7-4-9-25(13-16)17-12-21-24(2)14-17;/h12,14-16,22H,3-11,13H2,1-2H3,(H2,19,20,23);1H. The Morgan fingerprint density at radius 3 is 2.72 bits per heavy atom. The third kappa shape index (κ3) is 7.59. The predicted molar refractivity (Wildman–Crippen MR) is 127 cm³/mol. The molecule has 166 valence electrons. The van der Waals surface area contributed by atoms with E-state index in [-0.39, 0.29) is 35.8 Å². The van der Waals surface area contributed by atoms with E-state index in [0.29, 0.717) is 25.0 Å². The van der Waals surface area contributed by atoms with Crippen LogP contribution >= 0.6 is 24.0 Å². The van der Waals surface area contributed by atoms with Gasteiger partial charge in [-0.15, -0.1) is 24.0 Å². The molecule has 0 amide bonds. The summed E-state index contributed by atoms with van der Waals surface area (Å²) in [4.78, 5) is 6.56. The number of nitrogens with zero attached hydrogens (tertiary/aromatic N) is 4. The lowest BCUT2D eigenvalue weighted by molar-refractivity contribution is 0.316. The molecule has 3 N–H and O–H groups in total. The number of hydrogen-bond acceptors (Lipinski definition) is 5. The monoisotopic (exact) mass is 539 g/mol. The molecular formula is C18H34IN7O2S. The van der Waals surface area contributed by atoms with Crippen molar-refractivity contribution in [3.8, 4) is 0 Å². The summed E-state index contributed by atoms with van der Waals surface area (Å²) in [6.07, 6.45) is 9.54. The van der Waals surface area contributed by atoms with Crippen molar-refractivity contribution in [3.05, 3.63) is 12.4 Å². The topological polar surface area (TPSA) is 104 Å². The minimum atomic E-state index is -3.25. The largest absolute Gasteiger partial charge is 0.367 e. The first-order valence-corrected chi connectivity index (χ1v) is 11.8. The van der Waals surface area contributed by atoms with Crippen molar-refractivity contribution < 1.29 is 8.42 Å². The van der Waals surface area contributed by atoms with Crippen molar-refractivity contribution in [3.63, 3.8) is 0 Å². The summed E-state index contributed by atoms with van der Waals surface area (Å²) in [6, 6.07) is 0.258. The number of piperidine rings is 1. The molecule has 2 heterocycles. The number of sulfonamides is 1. The minimum Gasteiger partial charge on any atom is -0.367 e. The van der Waals surface area contributed by atoms with Gasteiger partial charge in [-0.1, -0.05) is 6.42 Å². The fourth-order valence-electron chi connectivity index (χ4n) is 3.61. The van der Waals surface area contributed by atoms with E-state index in [0.717, 1.165) is 44.5 Å². The van der Waals surface area contributed by atoms with Gasteiger partial charge in [-0.25, -0.2) is 13.1 Å². The van der Waals surface area contributed by atoms with Gasteiger partial charge < -0.3 is 15.5 Å². The lowest BCUT2D eigenvalue weighted by atomic mass is 9.86. The van der Waals surface area contributed by atoms with Gasteiger partial charge in [0.05, 0.1) is 17.6 Å². The molecule has 0 radical (unpaired) electrons. The van der Waals surface area contributed by atoms with Crippen molar-refractivity contribution in [2.45, 2.75) is 38.1 Å². The number of hydrogen-bond donors (Lipinski definition) is 3. The van der Waals surface area contributed by atoms with Crippen LogP contribution in [0.5, 0.6) is 0 Å². The molecule has 1 unspecified atom stereocenters. The van der Waals surface area contributed by atoms with Crippen LogP contribution in [0.25, 0.3) is 0 Å². The Morgan fingerprint density at radius 1 is 1.31 bits per heavy atom. The van der Waals surface area contributed by atoms with Gasteiger partial charge in [0.25, 0.3) is 0 Å². The number of aryl methyl sites for hydroxylation is 1. The first-order valence-electron chi connectivity index (χ1n) is 10.1. The normalized spacial score (nSPS) is 20.7. The fourth-order valence-corrected chi connectivity index (χ4v) is 4.61. The molecule has 2 fully saturated rings. The Hall–Kier alpha value is -1.08. The van der Waals surface area contributed by atoms with Crippen molar-refractivity contribution >= 4 is 45.6 Å². The van der Waals surface area contributed by atoms with Gasteiger partial charge in [-0.3, -0.25) is 9.67 Å². The second kappa shape index (κ2) is 11.3. The second-order valence-electron chi connectivity index (χ2n) is 7.76. The molecule has 1 aromatic heterocycles. The van der Waals surface area contributed by atoms with Gasteiger partial charge in [0.15, 0.2) is 5.96 Å². The van der Waals surface area contributed by atoms with E-state index in [9.17, 15) is 8.42 Å². The van der Waals surface area contributed by atoms with Crippen LogP contribution in [0, 0.1) is 5.92 Å². The van der Waals surface area contributed by atoms with E-state index >= 15 is 0 Å². The fraction of sp³-hybridized carbons (Fsp3) is 0.778. The highest BCUT2D eigenvalue weighted by atomic mass is 127. The molecule has 1 atom stereocenters. The van der Waals surface area contributed by atoms with E-state index in [4.69, 9.17) is 0 Å². The van der Waals surface area contributed by atoms with Crippen LogP contribution in [0.4, 0.5) is 5.69 Å². The van der Waals surface area contributed by atoms with Crippen molar-refractivity contribution in [1.82, 2.24) is 25.1 Å². The Labute approximate surface area is 191 Å². The van der Waals surface area contributed by atoms with E-state index in [1.165, 1.54) is 6.42 Å². The molecule has 2 aliphatic rings. The summed E-state index contributed by atoms with van der Waals surface area (Å²) < 4.78 is 28.8. The number of anilines is 1. The highest BCUT2D eigenvalue weighted by Gasteiger charge is 2.22. The molecule has 29 heavy (non-hydrogen) atoms. The summed E-state index contributed by atoms with van der Waals surface area (Å²) in [7, 11) is 0.384. The van der Waals surface area contributed by atoms with Gasteiger partial charge in [-0.05, 0) is 31.6 Å². The number of nitrogens with one attached hydrogen (secondary N) is 3. The summed E-state index contributed by atoms with van der Waals surface area (Å²) in [6.45, 7) is 2.79. The van der Waals surface area contributed by atoms with Gasteiger partial charge in [0, 0.05) is 52.5 Å². The van der Waals surface area contributed by atoms with Gasteiger partial charge in [0.2, 0.25) is 10.0 Å². The molecule has 1 aromatic rings. The molecule has 0 bridgehead atoms. The number of halogens is 1. The number of aliphatic imine (C=N–C) groups is 1. The molecule has 1 saturated heterocycles. The third-order valence-corrected chi connectivity index (χ3v) is 6.87. The Balaban J connectivity index is 0.00000300. The Bertz CT molecular complexity index is 764. The van der Waals surface area contributed by atoms with E-state index in [1.54, 1.807) is 7.05 Å². The molecular weight excluding hydrogens is 505 g/mol. The smallest absolute Gasteiger partial charge is 0.213 e. The molecule has 0 spiro atoms. The first-order chi connectivity index (χ1) is 13.4. The molecule has 1 saturated carbocycles. The summed E-state index contributed by atoms with van der Waals surface area (Å²) in [5.41, 5.74) is 1.13. The molecule has 1 aliphatic carbocycles. The highest BCUT2D eigenvalue weighted by Crippen LogP contribution is 2.25. The van der Waals surface area contributed by atoms with Gasteiger partial charge in [-0.2, -0.15) is 5.10 Å². The lowest BCUT2D eigenvalue weighted by Gasteiger charge is -2.34. The molecule has 0 aromatic carbocycles. The summed E-state index contributed by atoms with van der Waals surface area (Å²) in [5.74, 6) is 1.21. The zero-order valence-electron chi connectivity index (χ0n) is 17.3. The maximum atomic E-state index is 12.1. The van der Waals surface area contributed by atoms with Crippen LogP contribution in [-0.4, -0.2) is 69.2 Å². The van der Waals surface area contributed by atoms with Crippen molar-refractivity contribution in [2.75, 3.05) is 43.9 Å². The Kier molecular flexibility index (Phi) is 9.47. The second-order valence-corrected chi connectivity index (χ2v) is 9.69. The van der Waals surface area contributed by atoms with Crippen LogP contribution < -0.4 is 20.3 Å². The van der Waals surface area contributed by atoms with Crippen LogP contribution in [0.15, 0.2) is 17.4 Å². The molecule has 3 rings (SSSR count). The number of guanidine groups is 1. The average Bonchev–Trinajstić information content (AvgIpc) is 3.06. The summed E-state index contributed by atoms with van der Waals surface area (Å²) >= 11 is 0. The van der Waals surface area contributed by atoms with E-state index in [1.807, 2.05) is 24.1 Å². The van der Waals surface area contributed by atoms with Crippen LogP contribution in [0.2, 0.25) is 0 Å². The molecule has 9 nitrogen and oxygen atoms in total.